The molecule has 1 heterocycles. The summed E-state index contributed by atoms with van der Waals surface area (Å²) in [6.07, 6.45) is 1.20. The molecular formula is C21H21F3N2O2. The third-order valence-corrected chi connectivity index (χ3v) is 5.04. The molecule has 1 atom stereocenters. The highest BCUT2D eigenvalue weighted by Gasteiger charge is 2.39. The van der Waals surface area contributed by atoms with Crippen molar-refractivity contribution < 1.29 is 22.8 Å². The van der Waals surface area contributed by atoms with E-state index in [2.05, 4.69) is 5.32 Å². The molecule has 28 heavy (non-hydrogen) atoms. The van der Waals surface area contributed by atoms with Crippen molar-refractivity contribution in [3.05, 3.63) is 71.0 Å². The van der Waals surface area contributed by atoms with Crippen molar-refractivity contribution in [1.82, 2.24) is 10.2 Å². The first-order valence-corrected chi connectivity index (χ1v) is 9.05. The van der Waals surface area contributed by atoms with E-state index >= 15 is 0 Å². The smallest absolute Gasteiger partial charge is 0.253 e. The Morgan fingerprint density at radius 2 is 1.89 bits per heavy atom. The molecule has 0 aliphatic carbocycles. The molecule has 1 N–H and O–H groups in total. The van der Waals surface area contributed by atoms with Gasteiger partial charge >= 0.3 is 0 Å². The summed E-state index contributed by atoms with van der Waals surface area (Å²) in [5.74, 6) is -3.16. The molecule has 1 fully saturated rings. The van der Waals surface area contributed by atoms with Crippen LogP contribution in [0.4, 0.5) is 13.2 Å². The van der Waals surface area contributed by atoms with E-state index in [-0.39, 0.29) is 30.4 Å². The fraction of sp³-hybridized carbons (Fsp3) is 0.333. The van der Waals surface area contributed by atoms with Gasteiger partial charge in [-0.05, 0) is 55.7 Å². The fourth-order valence-electron chi connectivity index (χ4n) is 3.45. The maximum atomic E-state index is 13.4. The minimum Gasteiger partial charge on any atom is -0.351 e. The van der Waals surface area contributed by atoms with Crippen molar-refractivity contribution in [1.29, 1.82) is 0 Å². The predicted octanol–water partition coefficient (Wildman–Crippen LogP) is 3.66. The fourth-order valence-corrected chi connectivity index (χ4v) is 3.45. The topological polar surface area (TPSA) is 49.4 Å². The molecular weight excluding hydrogens is 369 g/mol. The van der Waals surface area contributed by atoms with Crippen LogP contribution in [0.1, 0.15) is 35.7 Å². The van der Waals surface area contributed by atoms with Gasteiger partial charge in [0.05, 0.1) is 5.41 Å². The van der Waals surface area contributed by atoms with E-state index in [4.69, 9.17) is 0 Å². The second kappa shape index (κ2) is 8.04. The standard InChI is InChI=1S/C21H21F3N2O2/c1-21(20(28)25-12-14-4-2-5-16(22)10-14)8-3-9-26(13-21)19(27)15-6-7-17(23)18(24)11-15/h2,4-7,10-11H,3,8-9,12-13H2,1H3,(H,25,28)/t21-/m0/s1. The summed E-state index contributed by atoms with van der Waals surface area (Å²) in [5.41, 5.74) is -0.134. The summed E-state index contributed by atoms with van der Waals surface area (Å²) in [5, 5.41) is 2.80. The van der Waals surface area contributed by atoms with Gasteiger partial charge in [-0.25, -0.2) is 13.2 Å². The number of carbonyl (C=O) groups is 2. The van der Waals surface area contributed by atoms with Gasteiger partial charge in [0.2, 0.25) is 5.91 Å². The summed E-state index contributed by atoms with van der Waals surface area (Å²) in [6, 6.07) is 8.98. The van der Waals surface area contributed by atoms with Crippen molar-refractivity contribution in [3.63, 3.8) is 0 Å². The van der Waals surface area contributed by atoms with Gasteiger partial charge in [0.1, 0.15) is 5.82 Å². The highest BCUT2D eigenvalue weighted by atomic mass is 19.2. The van der Waals surface area contributed by atoms with Crippen LogP contribution in [-0.4, -0.2) is 29.8 Å². The van der Waals surface area contributed by atoms with Gasteiger partial charge in [-0.2, -0.15) is 0 Å². The molecule has 1 aliphatic heterocycles. The highest BCUT2D eigenvalue weighted by molar-refractivity contribution is 5.95. The average molecular weight is 390 g/mol. The van der Waals surface area contributed by atoms with Crippen molar-refractivity contribution >= 4 is 11.8 Å². The SMILES string of the molecule is C[C@]1(C(=O)NCc2cccc(F)c2)CCCN(C(=O)c2ccc(F)c(F)c2)C1. The maximum Gasteiger partial charge on any atom is 0.253 e. The Bertz CT molecular complexity index is 903. The number of nitrogens with zero attached hydrogens (tertiary/aromatic N) is 1. The van der Waals surface area contributed by atoms with Crippen LogP contribution in [0.3, 0.4) is 0 Å². The second-order valence-electron chi connectivity index (χ2n) is 7.33. The maximum absolute atomic E-state index is 13.4. The lowest BCUT2D eigenvalue weighted by Gasteiger charge is -2.39. The number of hydrogen-bond acceptors (Lipinski definition) is 2. The van der Waals surface area contributed by atoms with Crippen LogP contribution in [0.2, 0.25) is 0 Å². The van der Waals surface area contributed by atoms with E-state index in [1.54, 1.807) is 19.1 Å². The van der Waals surface area contributed by atoms with E-state index in [0.717, 1.165) is 12.1 Å². The molecule has 4 nitrogen and oxygen atoms in total. The minimum absolute atomic E-state index is 0.0447. The lowest BCUT2D eigenvalue weighted by atomic mass is 9.80. The minimum atomic E-state index is -1.08. The second-order valence-corrected chi connectivity index (χ2v) is 7.33. The number of halogens is 3. The zero-order valence-electron chi connectivity index (χ0n) is 15.5. The molecule has 0 saturated carbocycles. The highest BCUT2D eigenvalue weighted by Crippen LogP contribution is 2.31. The quantitative estimate of drug-likeness (QED) is 0.866. The van der Waals surface area contributed by atoms with E-state index in [1.807, 2.05) is 0 Å². The first-order valence-electron chi connectivity index (χ1n) is 9.05. The van der Waals surface area contributed by atoms with Crippen LogP contribution in [0.5, 0.6) is 0 Å². The molecule has 0 radical (unpaired) electrons. The third kappa shape index (κ3) is 4.35. The normalized spacial score (nSPS) is 19.4. The van der Waals surface area contributed by atoms with Crippen molar-refractivity contribution in [2.45, 2.75) is 26.3 Å². The van der Waals surface area contributed by atoms with E-state index in [1.165, 1.54) is 23.1 Å². The van der Waals surface area contributed by atoms with Gasteiger partial charge in [0.15, 0.2) is 11.6 Å². The lowest BCUT2D eigenvalue weighted by Crippen LogP contribution is -2.51. The molecule has 0 aromatic heterocycles. The third-order valence-electron chi connectivity index (χ3n) is 5.04. The number of rotatable bonds is 4. The first-order chi connectivity index (χ1) is 13.3. The number of hydrogen-bond donors (Lipinski definition) is 1. The summed E-state index contributed by atoms with van der Waals surface area (Å²) in [7, 11) is 0. The Morgan fingerprint density at radius 1 is 1.11 bits per heavy atom. The van der Waals surface area contributed by atoms with Gasteiger partial charge < -0.3 is 10.2 Å². The van der Waals surface area contributed by atoms with E-state index in [0.29, 0.717) is 24.9 Å². The van der Waals surface area contributed by atoms with Crippen LogP contribution in [0, 0.1) is 22.9 Å². The molecule has 0 unspecified atom stereocenters. The van der Waals surface area contributed by atoms with E-state index < -0.39 is 23.0 Å². The monoisotopic (exact) mass is 390 g/mol. The lowest BCUT2D eigenvalue weighted by molar-refractivity contribution is -0.132. The van der Waals surface area contributed by atoms with Gasteiger partial charge in [-0.15, -0.1) is 0 Å². The summed E-state index contributed by atoms with van der Waals surface area (Å²) in [6.45, 7) is 2.55. The molecule has 1 aliphatic rings. The average Bonchev–Trinajstić information content (AvgIpc) is 2.67. The zero-order chi connectivity index (χ0) is 20.3. The molecule has 0 bridgehead atoms. The Morgan fingerprint density at radius 3 is 2.61 bits per heavy atom. The van der Waals surface area contributed by atoms with Crippen LogP contribution in [-0.2, 0) is 11.3 Å². The Kier molecular flexibility index (Phi) is 5.72. The van der Waals surface area contributed by atoms with Crippen molar-refractivity contribution in [2.75, 3.05) is 13.1 Å². The van der Waals surface area contributed by atoms with E-state index in [9.17, 15) is 22.8 Å². The number of piperidine rings is 1. The number of amides is 2. The summed E-state index contributed by atoms with van der Waals surface area (Å²) in [4.78, 5) is 26.9. The zero-order valence-corrected chi connectivity index (χ0v) is 15.5. The molecule has 148 valence electrons. The van der Waals surface area contributed by atoms with Crippen LogP contribution in [0.25, 0.3) is 0 Å². The Labute approximate surface area is 161 Å². The molecule has 2 aromatic rings. The largest absolute Gasteiger partial charge is 0.351 e. The molecule has 2 aromatic carbocycles. The van der Waals surface area contributed by atoms with Crippen molar-refractivity contribution in [3.8, 4) is 0 Å². The van der Waals surface area contributed by atoms with Crippen LogP contribution < -0.4 is 5.32 Å². The first kappa shape index (κ1) is 19.9. The number of carbonyl (C=O) groups excluding carboxylic acids is 2. The van der Waals surface area contributed by atoms with Crippen LogP contribution >= 0.6 is 0 Å². The van der Waals surface area contributed by atoms with Crippen LogP contribution in [0.15, 0.2) is 42.5 Å². The number of benzene rings is 2. The molecule has 0 spiro atoms. The van der Waals surface area contributed by atoms with Crippen molar-refractivity contribution in [2.24, 2.45) is 5.41 Å². The summed E-state index contributed by atoms with van der Waals surface area (Å²) < 4.78 is 39.8. The Balaban J connectivity index is 1.67. The summed E-state index contributed by atoms with van der Waals surface area (Å²) >= 11 is 0. The Hall–Kier alpha value is -2.83. The number of nitrogens with one attached hydrogen (secondary N) is 1. The molecule has 3 rings (SSSR count). The van der Waals surface area contributed by atoms with Gasteiger partial charge in [-0.3, -0.25) is 9.59 Å². The molecule has 2 amide bonds. The van der Waals surface area contributed by atoms with Gasteiger partial charge in [0.25, 0.3) is 5.91 Å². The predicted molar refractivity (Wildman–Crippen MR) is 97.8 cm³/mol. The van der Waals surface area contributed by atoms with Gasteiger partial charge in [-0.1, -0.05) is 12.1 Å². The number of likely N-dealkylation sites (tertiary alicyclic amines) is 1. The van der Waals surface area contributed by atoms with Gasteiger partial charge in [0, 0.05) is 25.2 Å². The molecule has 7 heteroatoms. The molecule has 1 saturated heterocycles.